The van der Waals surface area contributed by atoms with Crippen molar-refractivity contribution in [2.75, 3.05) is 13.6 Å². The number of amides is 1. The largest absolute Gasteiger partial charge is 0.337 e. The smallest absolute Gasteiger partial charge is 0.242 e. The van der Waals surface area contributed by atoms with Crippen molar-refractivity contribution >= 4 is 5.91 Å². The number of carbonyl (C=O) groups excluding carboxylic acids is 1. The van der Waals surface area contributed by atoms with E-state index in [1.165, 1.54) is 0 Å². The highest BCUT2D eigenvalue weighted by Crippen LogP contribution is 2.16. The van der Waals surface area contributed by atoms with Gasteiger partial charge in [0.25, 0.3) is 0 Å². The summed E-state index contributed by atoms with van der Waals surface area (Å²) < 4.78 is 2.13. The molecule has 0 saturated heterocycles. The summed E-state index contributed by atoms with van der Waals surface area (Å²) in [6.07, 6.45) is 2.12. The molecule has 2 heterocycles. The Morgan fingerprint density at radius 1 is 1.47 bits per heavy atom. The first-order valence-electron chi connectivity index (χ1n) is 6.87. The summed E-state index contributed by atoms with van der Waals surface area (Å²) in [6, 6.07) is 0. The maximum absolute atomic E-state index is 12.4. The van der Waals surface area contributed by atoms with Gasteiger partial charge in [-0.15, -0.1) is 10.2 Å². The topological polar surface area (TPSA) is 63.1 Å². The number of likely N-dealkylation sites (N-methyl/N-ethyl adjacent to an activating group) is 2. The van der Waals surface area contributed by atoms with Gasteiger partial charge >= 0.3 is 0 Å². The van der Waals surface area contributed by atoms with Crippen LogP contribution < -0.4 is 5.32 Å². The summed E-state index contributed by atoms with van der Waals surface area (Å²) in [5.74, 6) is 2.00. The summed E-state index contributed by atoms with van der Waals surface area (Å²) in [5.41, 5.74) is -0.544. The van der Waals surface area contributed by atoms with E-state index in [2.05, 4.69) is 20.1 Å². The van der Waals surface area contributed by atoms with E-state index in [0.29, 0.717) is 6.54 Å². The van der Waals surface area contributed by atoms with Gasteiger partial charge in [-0.2, -0.15) is 0 Å². The number of fused-ring (bicyclic) bond motifs is 1. The average Bonchev–Trinajstić information content (AvgIpc) is 2.93. The van der Waals surface area contributed by atoms with E-state index in [4.69, 9.17) is 0 Å². The molecule has 1 amide bonds. The molecule has 6 heteroatoms. The van der Waals surface area contributed by atoms with Gasteiger partial charge in [0.2, 0.25) is 5.91 Å². The molecule has 0 bridgehead atoms. The van der Waals surface area contributed by atoms with Crippen LogP contribution in [-0.4, -0.2) is 44.7 Å². The highest BCUT2D eigenvalue weighted by atomic mass is 16.2. The summed E-state index contributed by atoms with van der Waals surface area (Å²) >= 11 is 0. The van der Waals surface area contributed by atoms with Crippen LogP contribution in [0, 0.1) is 0 Å². The Morgan fingerprint density at radius 2 is 2.21 bits per heavy atom. The molecule has 0 fully saturated rings. The molecular weight excluding hydrogens is 242 g/mol. The molecule has 0 aromatic carbocycles. The maximum atomic E-state index is 12.4. The van der Waals surface area contributed by atoms with Gasteiger partial charge < -0.3 is 14.8 Å². The van der Waals surface area contributed by atoms with Gasteiger partial charge in [-0.1, -0.05) is 6.92 Å². The van der Waals surface area contributed by atoms with Crippen LogP contribution in [0.4, 0.5) is 0 Å². The first kappa shape index (κ1) is 14.0. The van der Waals surface area contributed by atoms with Gasteiger partial charge in [-0.3, -0.25) is 4.79 Å². The SMILES string of the molecule is CCNC(C)(C)C(=O)N(C)Cc1nnc2n1CCC2. The maximum Gasteiger partial charge on any atom is 0.242 e. The molecule has 1 N–H and O–H groups in total. The molecule has 1 aliphatic heterocycles. The summed E-state index contributed by atoms with van der Waals surface area (Å²) in [4.78, 5) is 14.1. The zero-order valence-corrected chi connectivity index (χ0v) is 12.2. The minimum Gasteiger partial charge on any atom is -0.337 e. The molecule has 106 valence electrons. The van der Waals surface area contributed by atoms with Crippen LogP contribution in [0.2, 0.25) is 0 Å². The predicted octanol–water partition coefficient (Wildman–Crippen LogP) is 0.571. The van der Waals surface area contributed by atoms with Gasteiger partial charge in [-0.05, 0) is 26.8 Å². The van der Waals surface area contributed by atoms with Crippen LogP contribution in [0.1, 0.15) is 38.8 Å². The minimum atomic E-state index is -0.544. The van der Waals surface area contributed by atoms with Crippen LogP contribution in [0.25, 0.3) is 0 Å². The number of rotatable bonds is 5. The van der Waals surface area contributed by atoms with E-state index >= 15 is 0 Å². The molecule has 1 aromatic rings. The summed E-state index contributed by atoms with van der Waals surface area (Å²) in [5, 5.41) is 11.6. The number of aromatic nitrogens is 3. The number of nitrogens with one attached hydrogen (secondary N) is 1. The third-order valence-electron chi connectivity index (χ3n) is 3.56. The van der Waals surface area contributed by atoms with Crippen molar-refractivity contribution in [1.29, 1.82) is 0 Å². The van der Waals surface area contributed by atoms with Crippen LogP contribution in [-0.2, 0) is 24.3 Å². The van der Waals surface area contributed by atoms with E-state index in [9.17, 15) is 4.79 Å². The van der Waals surface area contributed by atoms with Crippen molar-refractivity contribution in [2.24, 2.45) is 0 Å². The van der Waals surface area contributed by atoms with Crippen LogP contribution in [0.5, 0.6) is 0 Å². The van der Waals surface area contributed by atoms with E-state index < -0.39 is 5.54 Å². The van der Waals surface area contributed by atoms with Crippen LogP contribution >= 0.6 is 0 Å². The first-order chi connectivity index (χ1) is 8.95. The lowest BCUT2D eigenvalue weighted by Gasteiger charge is -2.29. The second kappa shape index (κ2) is 5.28. The Bertz CT molecular complexity index is 466. The van der Waals surface area contributed by atoms with E-state index in [1.54, 1.807) is 4.90 Å². The molecule has 2 rings (SSSR count). The van der Waals surface area contributed by atoms with E-state index in [-0.39, 0.29) is 5.91 Å². The number of nitrogens with zero attached hydrogens (tertiary/aromatic N) is 4. The second-order valence-corrected chi connectivity index (χ2v) is 5.60. The molecule has 1 aliphatic rings. The second-order valence-electron chi connectivity index (χ2n) is 5.60. The molecule has 0 spiro atoms. The molecular formula is C13H23N5O. The number of hydrogen-bond donors (Lipinski definition) is 1. The number of hydrogen-bond acceptors (Lipinski definition) is 4. The van der Waals surface area contributed by atoms with Gasteiger partial charge in [-0.25, -0.2) is 0 Å². The third-order valence-corrected chi connectivity index (χ3v) is 3.56. The van der Waals surface area contributed by atoms with Gasteiger partial charge in [0.1, 0.15) is 5.82 Å². The molecule has 0 aliphatic carbocycles. The lowest BCUT2D eigenvalue weighted by molar-refractivity contribution is -0.136. The normalized spacial score (nSPS) is 14.5. The highest BCUT2D eigenvalue weighted by molar-refractivity contribution is 5.85. The average molecular weight is 265 g/mol. The van der Waals surface area contributed by atoms with Crippen molar-refractivity contribution in [3.8, 4) is 0 Å². The van der Waals surface area contributed by atoms with Crippen LogP contribution in [0.15, 0.2) is 0 Å². The highest BCUT2D eigenvalue weighted by Gasteiger charge is 2.30. The van der Waals surface area contributed by atoms with Crippen molar-refractivity contribution < 1.29 is 4.79 Å². The molecule has 0 radical (unpaired) electrons. The minimum absolute atomic E-state index is 0.0738. The van der Waals surface area contributed by atoms with Crippen molar-refractivity contribution in [3.63, 3.8) is 0 Å². The lowest BCUT2D eigenvalue weighted by Crippen LogP contribution is -2.52. The van der Waals surface area contributed by atoms with Crippen LogP contribution in [0.3, 0.4) is 0 Å². The Balaban J connectivity index is 2.04. The number of aryl methyl sites for hydroxylation is 1. The van der Waals surface area contributed by atoms with Gasteiger partial charge in [0, 0.05) is 20.0 Å². The Hall–Kier alpha value is -1.43. The fraction of sp³-hybridized carbons (Fsp3) is 0.769. The molecule has 6 nitrogen and oxygen atoms in total. The third kappa shape index (κ3) is 2.78. The molecule has 1 aromatic heterocycles. The Kier molecular flexibility index (Phi) is 3.89. The molecule has 0 unspecified atom stereocenters. The Labute approximate surface area is 114 Å². The predicted molar refractivity (Wildman–Crippen MR) is 72.6 cm³/mol. The Morgan fingerprint density at radius 3 is 2.89 bits per heavy atom. The van der Waals surface area contributed by atoms with E-state index in [1.807, 2.05) is 27.8 Å². The molecule has 19 heavy (non-hydrogen) atoms. The summed E-state index contributed by atoms with van der Waals surface area (Å²) in [6.45, 7) is 8.07. The van der Waals surface area contributed by atoms with Gasteiger partial charge in [0.05, 0.1) is 12.1 Å². The summed E-state index contributed by atoms with van der Waals surface area (Å²) in [7, 11) is 1.82. The van der Waals surface area contributed by atoms with Crippen molar-refractivity contribution in [2.45, 2.75) is 52.2 Å². The lowest BCUT2D eigenvalue weighted by atomic mass is 10.0. The van der Waals surface area contributed by atoms with Crippen molar-refractivity contribution in [3.05, 3.63) is 11.6 Å². The first-order valence-corrected chi connectivity index (χ1v) is 6.87. The molecule has 0 saturated carbocycles. The molecule has 0 atom stereocenters. The zero-order chi connectivity index (χ0) is 14.0. The number of carbonyl (C=O) groups is 1. The quantitative estimate of drug-likeness (QED) is 0.845. The fourth-order valence-corrected chi connectivity index (χ4v) is 2.61. The van der Waals surface area contributed by atoms with Crippen molar-refractivity contribution in [1.82, 2.24) is 25.0 Å². The fourth-order valence-electron chi connectivity index (χ4n) is 2.61. The van der Waals surface area contributed by atoms with E-state index in [0.717, 1.165) is 37.6 Å². The van der Waals surface area contributed by atoms with Gasteiger partial charge in [0.15, 0.2) is 5.82 Å². The monoisotopic (exact) mass is 265 g/mol. The standard InChI is InChI=1S/C13H23N5O/c1-5-14-13(2,3)12(19)17(4)9-11-16-15-10-7-6-8-18(10)11/h14H,5-9H2,1-4H3. The zero-order valence-electron chi connectivity index (χ0n) is 12.2.